The number of aromatic nitrogens is 1. The summed E-state index contributed by atoms with van der Waals surface area (Å²) in [4.78, 5) is 10.9. The third-order valence-electron chi connectivity index (χ3n) is 5.41. The molecular weight excluding hydrogens is 524 g/mol. The van der Waals surface area contributed by atoms with Crippen molar-refractivity contribution in [3.8, 4) is 5.75 Å². The van der Waals surface area contributed by atoms with E-state index in [0.717, 1.165) is 50.1 Å². The van der Waals surface area contributed by atoms with Crippen molar-refractivity contribution in [3.63, 3.8) is 0 Å². The molecule has 1 saturated heterocycles. The SMILES string of the molecule is CCNC(=NCC(O)c1ccncc1)NC1CCN(Cc2ccc(OC)c(F)c2)CC1.I. The summed E-state index contributed by atoms with van der Waals surface area (Å²) in [6.07, 6.45) is 4.61. The molecule has 1 aromatic carbocycles. The van der Waals surface area contributed by atoms with Gasteiger partial charge in [0.2, 0.25) is 0 Å². The standard InChI is InChI=1S/C23H32FN5O2.HI/c1-3-26-23(27-15-21(30)18-6-10-25-11-7-18)28-19-8-12-29(13-9-19)16-17-4-5-22(31-2)20(24)14-17;/h4-7,10-11,14,19,21,30H,3,8-9,12-13,15-16H2,1-2H3,(H2,26,27,28);1H. The van der Waals surface area contributed by atoms with Gasteiger partial charge in [0.1, 0.15) is 0 Å². The Morgan fingerprint density at radius 2 is 2.00 bits per heavy atom. The van der Waals surface area contributed by atoms with Crippen molar-refractivity contribution in [2.45, 2.75) is 38.5 Å². The molecule has 2 aromatic rings. The number of benzene rings is 1. The molecule has 9 heteroatoms. The van der Waals surface area contributed by atoms with Crippen LogP contribution in [0.3, 0.4) is 0 Å². The van der Waals surface area contributed by atoms with E-state index in [2.05, 4.69) is 25.5 Å². The maximum Gasteiger partial charge on any atom is 0.191 e. The second kappa shape index (κ2) is 13.5. The number of pyridine rings is 1. The zero-order valence-corrected chi connectivity index (χ0v) is 21.0. The normalized spacial score (nSPS) is 16.2. The van der Waals surface area contributed by atoms with E-state index >= 15 is 0 Å². The third kappa shape index (κ3) is 7.86. The Kier molecular flexibility index (Phi) is 11.1. The second-order valence-electron chi connectivity index (χ2n) is 7.68. The lowest BCUT2D eigenvalue weighted by Crippen LogP contribution is -2.48. The molecular formula is C23H33FIN5O2. The number of piperidine rings is 1. The van der Waals surface area contributed by atoms with E-state index in [4.69, 9.17) is 4.74 Å². The fourth-order valence-electron chi connectivity index (χ4n) is 3.68. The van der Waals surface area contributed by atoms with Gasteiger partial charge in [0.05, 0.1) is 19.8 Å². The van der Waals surface area contributed by atoms with Gasteiger partial charge in [-0.2, -0.15) is 0 Å². The first kappa shape index (κ1) is 26.3. The number of rotatable bonds is 8. The van der Waals surface area contributed by atoms with Crippen molar-refractivity contribution in [3.05, 3.63) is 59.7 Å². The number of guanidine groups is 1. The van der Waals surface area contributed by atoms with Gasteiger partial charge in [0.25, 0.3) is 0 Å². The van der Waals surface area contributed by atoms with E-state index < -0.39 is 6.10 Å². The average Bonchev–Trinajstić information content (AvgIpc) is 2.79. The van der Waals surface area contributed by atoms with Crippen LogP contribution in [-0.4, -0.2) is 60.3 Å². The Balaban J connectivity index is 0.00000363. The minimum Gasteiger partial charge on any atom is -0.494 e. The lowest BCUT2D eigenvalue weighted by atomic mass is 10.0. The molecule has 1 fully saturated rings. The van der Waals surface area contributed by atoms with E-state index in [1.165, 1.54) is 7.11 Å². The maximum absolute atomic E-state index is 13.9. The zero-order chi connectivity index (χ0) is 22.1. The summed E-state index contributed by atoms with van der Waals surface area (Å²) in [5, 5.41) is 17.1. The van der Waals surface area contributed by atoms with Gasteiger partial charge in [-0.05, 0) is 55.2 Å². The molecule has 1 atom stereocenters. The molecule has 3 N–H and O–H groups in total. The van der Waals surface area contributed by atoms with E-state index in [9.17, 15) is 9.50 Å². The molecule has 0 amide bonds. The average molecular weight is 557 g/mol. The van der Waals surface area contributed by atoms with E-state index in [1.807, 2.05) is 13.0 Å². The minimum absolute atomic E-state index is 0. The summed E-state index contributed by atoms with van der Waals surface area (Å²) < 4.78 is 18.9. The molecule has 3 rings (SSSR count). The Labute approximate surface area is 206 Å². The molecule has 0 bridgehead atoms. The van der Waals surface area contributed by atoms with Crippen molar-refractivity contribution in [2.24, 2.45) is 4.99 Å². The van der Waals surface area contributed by atoms with Gasteiger partial charge in [0, 0.05) is 44.6 Å². The number of likely N-dealkylation sites (tertiary alicyclic amines) is 1. The molecule has 176 valence electrons. The van der Waals surface area contributed by atoms with Crippen LogP contribution in [0.5, 0.6) is 5.75 Å². The zero-order valence-electron chi connectivity index (χ0n) is 18.6. The largest absolute Gasteiger partial charge is 0.494 e. The van der Waals surface area contributed by atoms with Crippen LogP contribution in [0.1, 0.15) is 37.0 Å². The second-order valence-corrected chi connectivity index (χ2v) is 7.68. The number of aliphatic hydroxyl groups excluding tert-OH is 1. The predicted octanol–water partition coefficient (Wildman–Crippen LogP) is 3.10. The minimum atomic E-state index is -0.662. The van der Waals surface area contributed by atoms with Gasteiger partial charge in [-0.3, -0.25) is 14.9 Å². The van der Waals surface area contributed by atoms with Crippen LogP contribution in [-0.2, 0) is 6.54 Å². The van der Waals surface area contributed by atoms with Crippen LogP contribution >= 0.6 is 24.0 Å². The maximum atomic E-state index is 13.9. The monoisotopic (exact) mass is 557 g/mol. The Bertz CT molecular complexity index is 848. The lowest BCUT2D eigenvalue weighted by molar-refractivity contribution is 0.186. The number of hydrogen-bond acceptors (Lipinski definition) is 5. The summed E-state index contributed by atoms with van der Waals surface area (Å²) in [6, 6.07) is 9.04. The fourth-order valence-corrected chi connectivity index (χ4v) is 3.68. The summed E-state index contributed by atoms with van der Waals surface area (Å²) >= 11 is 0. The topological polar surface area (TPSA) is 82.0 Å². The molecule has 1 aliphatic rings. The van der Waals surface area contributed by atoms with Gasteiger partial charge in [0.15, 0.2) is 17.5 Å². The highest BCUT2D eigenvalue weighted by atomic mass is 127. The van der Waals surface area contributed by atoms with Crippen LogP contribution in [0.4, 0.5) is 4.39 Å². The van der Waals surface area contributed by atoms with Crippen molar-refractivity contribution in [2.75, 3.05) is 33.3 Å². The number of hydrogen-bond donors (Lipinski definition) is 3. The molecule has 0 saturated carbocycles. The van der Waals surface area contributed by atoms with Crippen LogP contribution in [0.2, 0.25) is 0 Å². The Morgan fingerprint density at radius 3 is 2.62 bits per heavy atom. The highest BCUT2D eigenvalue weighted by Gasteiger charge is 2.20. The van der Waals surface area contributed by atoms with Crippen LogP contribution in [0.25, 0.3) is 0 Å². The Morgan fingerprint density at radius 1 is 1.28 bits per heavy atom. The molecule has 0 aliphatic carbocycles. The number of methoxy groups -OCH3 is 1. The summed E-state index contributed by atoms with van der Waals surface area (Å²) in [5.41, 5.74) is 1.75. The van der Waals surface area contributed by atoms with Crippen LogP contribution in [0.15, 0.2) is 47.7 Å². The molecule has 32 heavy (non-hydrogen) atoms. The van der Waals surface area contributed by atoms with Gasteiger partial charge in [-0.15, -0.1) is 24.0 Å². The smallest absolute Gasteiger partial charge is 0.191 e. The molecule has 7 nitrogen and oxygen atoms in total. The fraction of sp³-hybridized carbons (Fsp3) is 0.478. The first-order valence-electron chi connectivity index (χ1n) is 10.8. The summed E-state index contributed by atoms with van der Waals surface area (Å²) in [7, 11) is 1.47. The molecule has 1 unspecified atom stereocenters. The number of ether oxygens (including phenoxy) is 1. The highest BCUT2D eigenvalue weighted by Crippen LogP contribution is 2.20. The van der Waals surface area contributed by atoms with E-state index in [-0.39, 0.29) is 42.1 Å². The number of nitrogens with one attached hydrogen (secondary N) is 2. The molecule has 2 heterocycles. The molecule has 1 aliphatic heterocycles. The molecule has 0 radical (unpaired) electrons. The van der Waals surface area contributed by atoms with Crippen molar-refractivity contribution in [1.29, 1.82) is 0 Å². The van der Waals surface area contributed by atoms with E-state index in [1.54, 1.807) is 36.7 Å². The first-order chi connectivity index (χ1) is 15.1. The lowest BCUT2D eigenvalue weighted by Gasteiger charge is -2.33. The van der Waals surface area contributed by atoms with E-state index in [0.29, 0.717) is 12.0 Å². The summed E-state index contributed by atoms with van der Waals surface area (Å²) in [6.45, 7) is 5.61. The molecule has 1 aromatic heterocycles. The van der Waals surface area contributed by atoms with Gasteiger partial charge in [-0.25, -0.2) is 4.39 Å². The quantitative estimate of drug-likeness (QED) is 0.263. The third-order valence-corrected chi connectivity index (χ3v) is 5.41. The van der Waals surface area contributed by atoms with Crippen molar-refractivity contribution in [1.82, 2.24) is 20.5 Å². The predicted molar refractivity (Wildman–Crippen MR) is 135 cm³/mol. The number of aliphatic hydroxyl groups is 1. The van der Waals surface area contributed by atoms with Crippen molar-refractivity contribution >= 4 is 29.9 Å². The van der Waals surface area contributed by atoms with Gasteiger partial charge < -0.3 is 20.5 Å². The highest BCUT2D eigenvalue weighted by molar-refractivity contribution is 14.0. The van der Waals surface area contributed by atoms with Crippen LogP contribution in [0, 0.1) is 5.82 Å². The van der Waals surface area contributed by atoms with Crippen LogP contribution < -0.4 is 15.4 Å². The number of nitrogens with zero attached hydrogens (tertiary/aromatic N) is 3. The number of aliphatic imine (C=N–C) groups is 1. The molecule has 0 spiro atoms. The number of halogens is 2. The Hall–Kier alpha value is -1.98. The first-order valence-corrected chi connectivity index (χ1v) is 10.8. The summed E-state index contributed by atoms with van der Waals surface area (Å²) in [5.74, 6) is 0.666. The van der Waals surface area contributed by atoms with Gasteiger partial charge >= 0.3 is 0 Å². The van der Waals surface area contributed by atoms with Gasteiger partial charge in [-0.1, -0.05) is 6.07 Å². The van der Waals surface area contributed by atoms with Crippen molar-refractivity contribution < 1.29 is 14.2 Å².